The van der Waals surface area contributed by atoms with Gasteiger partial charge in [0.05, 0.1) is 5.69 Å². The summed E-state index contributed by atoms with van der Waals surface area (Å²) in [4.78, 5) is 15.6. The molecule has 0 spiro atoms. The van der Waals surface area contributed by atoms with Crippen molar-refractivity contribution in [3.8, 4) is 5.75 Å². The summed E-state index contributed by atoms with van der Waals surface area (Å²) in [5, 5.41) is 12.7. The number of rotatable bonds is 4. The first-order valence-electron chi connectivity index (χ1n) is 6.82. The predicted octanol–water partition coefficient (Wildman–Crippen LogP) is 3.80. The smallest absolute Gasteiger partial charge is 0.224 e. The van der Waals surface area contributed by atoms with Crippen molar-refractivity contribution in [3.63, 3.8) is 0 Å². The Morgan fingerprint density at radius 1 is 1.24 bits per heavy atom. The Morgan fingerprint density at radius 2 is 1.95 bits per heavy atom. The van der Waals surface area contributed by atoms with Gasteiger partial charge in [0.15, 0.2) is 0 Å². The minimum Gasteiger partial charge on any atom is -0.507 e. The molecule has 2 aromatic carbocycles. The number of phenolic OH excluding ortho intramolecular Hbond substituents is 1. The van der Waals surface area contributed by atoms with E-state index in [1.165, 1.54) is 0 Å². The summed E-state index contributed by atoms with van der Waals surface area (Å²) < 4.78 is 0. The average molecular weight is 282 g/mol. The van der Waals surface area contributed by atoms with Gasteiger partial charge in [-0.05, 0) is 42.8 Å². The molecule has 1 amide bonds. The molecule has 21 heavy (non-hydrogen) atoms. The van der Waals surface area contributed by atoms with Crippen molar-refractivity contribution in [2.45, 2.75) is 20.3 Å². The fraction of sp³-hybridized carbons (Fsp3) is 0.176. The number of carbonyl (C=O) groups excluding carboxylic acids is 1. The lowest BCUT2D eigenvalue weighted by atomic mass is 10.1. The molecule has 0 heterocycles. The Morgan fingerprint density at radius 3 is 2.62 bits per heavy atom. The largest absolute Gasteiger partial charge is 0.507 e. The Labute approximate surface area is 124 Å². The molecule has 2 rings (SSSR count). The van der Waals surface area contributed by atoms with E-state index in [1.807, 2.05) is 44.2 Å². The molecule has 0 unspecified atom stereocenters. The molecule has 2 aromatic rings. The van der Waals surface area contributed by atoms with E-state index < -0.39 is 0 Å². The molecule has 2 N–H and O–H groups in total. The molecule has 0 aliphatic carbocycles. The summed E-state index contributed by atoms with van der Waals surface area (Å²) in [6.07, 6.45) is 2.08. The highest BCUT2D eigenvalue weighted by Gasteiger charge is 2.01. The number of hydrogen-bond donors (Lipinski definition) is 2. The Kier molecular flexibility index (Phi) is 4.72. The SMILES string of the molecule is CCC(=O)Nc1ccc(N=Cc2cccc(C)c2O)cc1. The molecule has 108 valence electrons. The maximum atomic E-state index is 11.3. The van der Waals surface area contributed by atoms with Crippen molar-refractivity contribution < 1.29 is 9.90 Å². The van der Waals surface area contributed by atoms with E-state index in [2.05, 4.69) is 10.3 Å². The summed E-state index contributed by atoms with van der Waals surface area (Å²) >= 11 is 0. The third-order valence-electron chi connectivity index (χ3n) is 3.09. The number of anilines is 1. The monoisotopic (exact) mass is 282 g/mol. The molecule has 0 atom stereocenters. The van der Waals surface area contributed by atoms with Gasteiger partial charge in [0.25, 0.3) is 0 Å². The number of nitrogens with one attached hydrogen (secondary N) is 1. The van der Waals surface area contributed by atoms with Gasteiger partial charge < -0.3 is 10.4 Å². The van der Waals surface area contributed by atoms with E-state index in [-0.39, 0.29) is 11.7 Å². The molecule has 0 radical (unpaired) electrons. The number of carbonyl (C=O) groups is 1. The first kappa shape index (κ1) is 14.8. The summed E-state index contributed by atoms with van der Waals surface area (Å²) in [6, 6.07) is 12.8. The highest BCUT2D eigenvalue weighted by atomic mass is 16.3. The third-order valence-corrected chi connectivity index (χ3v) is 3.09. The number of aromatic hydroxyl groups is 1. The number of nitrogens with zero attached hydrogens (tertiary/aromatic N) is 1. The third kappa shape index (κ3) is 3.92. The van der Waals surface area contributed by atoms with E-state index in [9.17, 15) is 9.90 Å². The summed E-state index contributed by atoms with van der Waals surface area (Å²) in [5.41, 5.74) is 3.00. The summed E-state index contributed by atoms with van der Waals surface area (Å²) in [7, 11) is 0. The van der Waals surface area contributed by atoms with Crippen LogP contribution in [-0.2, 0) is 4.79 Å². The first-order chi connectivity index (χ1) is 10.1. The number of aliphatic imine (C=N–C) groups is 1. The zero-order valence-corrected chi connectivity index (χ0v) is 12.1. The highest BCUT2D eigenvalue weighted by molar-refractivity contribution is 5.90. The molecule has 0 saturated heterocycles. The number of aryl methyl sites for hydroxylation is 1. The van der Waals surface area contributed by atoms with Crippen molar-refractivity contribution in [1.29, 1.82) is 0 Å². The predicted molar refractivity (Wildman–Crippen MR) is 85.5 cm³/mol. The maximum absolute atomic E-state index is 11.3. The topological polar surface area (TPSA) is 61.7 Å². The normalized spacial score (nSPS) is 10.8. The van der Waals surface area contributed by atoms with Crippen LogP contribution in [-0.4, -0.2) is 17.2 Å². The number of amides is 1. The molecule has 0 aromatic heterocycles. The Hall–Kier alpha value is -2.62. The number of para-hydroxylation sites is 1. The molecule has 0 bridgehead atoms. The second-order valence-electron chi connectivity index (χ2n) is 4.72. The number of phenols is 1. The van der Waals surface area contributed by atoms with Crippen molar-refractivity contribution in [2.24, 2.45) is 4.99 Å². The van der Waals surface area contributed by atoms with Gasteiger partial charge in [-0.25, -0.2) is 0 Å². The summed E-state index contributed by atoms with van der Waals surface area (Å²) in [5.74, 6) is 0.226. The first-order valence-corrected chi connectivity index (χ1v) is 6.82. The lowest BCUT2D eigenvalue weighted by Gasteiger charge is -2.04. The lowest BCUT2D eigenvalue weighted by Crippen LogP contribution is -2.08. The minimum atomic E-state index is -0.0177. The van der Waals surface area contributed by atoms with Crippen molar-refractivity contribution in [3.05, 3.63) is 53.6 Å². The number of hydrogen-bond acceptors (Lipinski definition) is 3. The van der Waals surface area contributed by atoms with Gasteiger partial charge in [-0.15, -0.1) is 0 Å². The Balaban J connectivity index is 2.11. The van der Waals surface area contributed by atoms with E-state index in [0.717, 1.165) is 16.9 Å². The highest BCUT2D eigenvalue weighted by Crippen LogP contribution is 2.21. The minimum absolute atomic E-state index is 0.0177. The fourth-order valence-corrected chi connectivity index (χ4v) is 1.81. The molecule has 0 aliphatic rings. The molecular formula is C17H18N2O2. The van der Waals surface area contributed by atoms with Gasteiger partial charge in [-0.1, -0.05) is 19.1 Å². The van der Waals surface area contributed by atoms with Gasteiger partial charge in [0, 0.05) is 23.9 Å². The lowest BCUT2D eigenvalue weighted by molar-refractivity contribution is -0.115. The molecule has 0 saturated carbocycles. The van der Waals surface area contributed by atoms with Crippen LogP contribution in [0.4, 0.5) is 11.4 Å². The van der Waals surface area contributed by atoms with Crippen LogP contribution in [0.1, 0.15) is 24.5 Å². The van der Waals surface area contributed by atoms with Crippen LogP contribution in [0.3, 0.4) is 0 Å². The molecular weight excluding hydrogens is 264 g/mol. The van der Waals surface area contributed by atoms with Crippen molar-refractivity contribution in [1.82, 2.24) is 0 Å². The van der Waals surface area contributed by atoms with Crippen molar-refractivity contribution >= 4 is 23.5 Å². The molecule has 4 heteroatoms. The second kappa shape index (κ2) is 6.70. The van der Waals surface area contributed by atoms with Gasteiger partial charge >= 0.3 is 0 Å². The zero-order valence-electron chi connectivity index (χ0n) is 12.1. The van der Waals surface area contributed by atoms with E-state index >= 15 is 0 Å². The van der Waals surface area contributed by atoms with Gasteiger partial charge in [-0.3, -0.25) is 9.79 Å². The van der Waals surface area contributed by atoms with Gasteiger partial charge in [-0.2, -0.15) is 0 Å². The molecule has 0 aliphatic heterocycles. The fourth-order valence-electron chi connectivity index (χ4n) is 1.81. The van der Waals surface area contributed by atoms with E-state index in [1.54, 1.807) is 18.3 Å². The van der Waals surface area contributed by atoms with Crippen LogP contribution in [0.2, 0.25) is 0 Å². The van der Waals surface area contributed by atoms with E-state index in [4.69, 9.17) is 0 Å². The number of benzene rings is 2. The van der Waals surface area contributed by atoms with E-state index in [0.29, 0.717) is 12.0 Å². The van der Waals surface area contributed by atoms with Crippen LogP contribution in [0.15, 0.2) is 47.5 Å². The molecule has 4 nitrogen and oxygen atoms in total. The van der Waals surface area contributed by atoms with Crippen molar-refractivity contribution in [2.75, 3.05) is 5.32 Å². The van der Waals surface area contributed by atoms with Crippen LogP contribution in [0.25, 0.3) is 0 Å². The zero-order chi connectivity index (χ0) is 15.2. The maximum Gasteiger partial charge on any atom is 0.224 e. The van der Waals surface area contributed by atoms with Crippen LogP contribution in [0.5, 0.6) is 5.75 Å². The standard InChI is InChI=1S/C17H18N2O2/c1-3-16(20)19-15-9-7-14(8-10-15)18-11-13-6-4-5-12(2)17(13)21/h4-11,21H,3H2,1-2H3,(H,19,20). The molecule has 0 fully saturated rings. The second-order valence-corrected chi connectivity index (χ2v) is 4.72. The summed E-state index contributed by atoms with van der Waals surface area (Å²) in [6.45, 7) is 3.65. The Bertz CT molecular complexity index is 661. The van der Waals surface area contributed by atoms with Crippen LogP contribution >= 0.6 is 0 Å². The van der Waals surface area contributed by atoms with Crippen LogP contribution in [0, 0.1) is 6.92 Å². The average Bonchev–Trinajstić information content (AvgIpc) is 2.50. The van der Waals surface area contributed by atoms with Gasteiger partial charge in [0.1, 0.15) is 5.75 Å². The van der Waals surface area contributed by atoms with Crippen LogP contribution < -0.4 is 5.32 Å². The quantitative estimate of drug-likeness (QED) is 0.838. The van der Waals surface area contributed by atoms with Gasteiger partial charge in [0.2, 0.25) is 5.91 Å².